The van der Waals surface area contributed by atoms with Gasteiger partial charge in [-0.25, -0.2) is 0 Å². The van der Waals surface area contributed by atoms with Crippen LogP contribution in [0.15, 0.2) is 4.52 Å². The van der Waals surface area contributed by atoms with E-state index < -0.39 is 0 Å². The molecule has 0 bridgehead atoms. The second kappa shape index (κ2) is 7.21. The minimum absolute atomic E-state index is 0.131. The topological polar surface area (TPSA) is 130 Å². The standard InChI is InChI=1S/C12H19N7OS/c1-7(2)3-4-8-15-10(20-19-8)6-21-5-9-16-11(13)18-12(14)17-9/h7H,3-6H2,1-2H3,(H4,13,14,16,17,18). The smallest absolute Gasteiger partial charge is 0.236 e. The van der Waals surface area contributed by atoms with Crippen molar-refractivity contribution in [3.05, 3.63) is 17.5 Å². The number of thioether (sulfide) groups is 1. The lowest BCUT2D eigenvalue weighted by Gasteiger charge is -2.00. The van der Waals surface area contributed by atoms with Gasteiger partial charge in [0, 0.05) is 6.42 Å². The molecule has 0 aliphatic heterocycles. The van der Waals surface area contributed by atoms with Crippen molar-refractivity contribution in [3.8, 4) is 0 Å². The van der Waals surface area contributed by atoms with Crippen LogP contribution in [0.4, 0.5) is 11.9 Å². The molecule has 0 aliphatic carbocycles. The van der Waals surface area contributed by atoms with E-state index in [-0.39, 0.29) is 11.9 Å². The van der Waals surface area contributed by atoms with E-state index >= 15 is 0 Å². The zero-order chi connectivity index (χ0) is 15.2. The summed E-state index contributed by atoms with van der Waals surface area (Å²) in [5.74, 6) is 3.95. The molecule has 0 saturated carbocycles. The third-order valence-electron chi connectivity index (χ3n) is 2.63. The molecule has 0 radical (unpaired) electrons. The highest BCUT2D eigenvalue weighted by molar-refractivity contribution is 7.97. The number of hydrogen-bond acceptors (Lipinski definition) is 9. The van der Waals surface area contributed by atoms with Crippen molar-refractivity contribution < 1.29 is 4.52 Å². The highest BCUT2D eigenvalue weighted by atomic mass is 32.2. The van der Waals surface area contributed by atoms with Crippen LogP contribution in [0, 0.1) is 5.92 Å². The van der Waals surface area contributed by atoms with Crippen LogP contribution in [-0.4, -0.2) is 25.1 Å². The van der Waals surface area contributed by atoms with E-state index in [2.05, 4.69) is 38.9 Å². The molecule has 0 unspecified atom stereocenters. The van der Waals surface area contributed by atoms with E-state index in [4.69, 9.17) is 16.0 Å². The van der Waals surface area contributed by atoms with Crippen LogP contribution in [0.2, 0.25) is 0 Å². The predicted molar refractivity (Wildman–Crippen MR) is 81.1 cm³/mol. The zero-order valence-electron chi connectivity index (χ0n) is 12.1. The molecule has 4 N–H and O–H groups in total. The largest absolute Gasteiger partial charge is 0.368 e. The number of aromatic nitrogens is 5. The number of nitrogens with two attached hydrogens (primary N) is 2. The summed E-state index contributed by atoms with van der Waals surface area (Å²) in [5.41, 5.74) is 11.0. The van der Waals surface area contributed by atoms with Crippen LogP contribution >= 0.6 is 11.8 Å². The van der Waals surface area contributed by atoms with Gasteiger partial charge < -0.3 is 16.0 Å². The molecule has 2 aromatic heterocycles. The lowest BCUT2D eigenvalue weighted by atomic mass is 10.1. The van der Waals surface area contributed by atoms with Crippen LogP contribution in [0.1, 0.15) is 37.8 Å². The van der Waals surface area contributed by atoms with Crippen LogP contribution in [0.25, 0.3) is 0 Å². The Kier molecular flexibility index (Phi) is 5.32. The third kappa shape index (κ3) is 5.18. The Morgan fingerprint density at radius 1 is 1.00 bits per heavy atom. The van der Waals surface area contributed by atoms with Crippen molar-refractivity contribution in [1.82, 2.24) is 25.1 Å². The molecule has 0 spiro atoms. The average Bonchev–Trinajstić information content (AvgIpc) is 2.83. The zero-order valence-corrected chi connectivity index (χ0v) is 12.9. The van der Waals surface area contributed by atoms with E-state index in [1.165, 1.54) is 0 Å². The maximum absolute atomic E-state index is 5.51. The minimum atomic E-state index is 0.131. The molecule has 0 fully saturated rings. The second-order valence-corrected chi connectivity index (χ2v) is 5.98. The fourth-order valence-electron chi connectivity index (χ4n) is 1.62. The summed E-state index contributed by atoms with van der Waals surface area (Å²) in [6, 6.07) is 0. The summed E-state index contributed by atoms with van der Waals surface area (Å²) in [6.07, 6.45) is 1.89. The van der Waals surface area contributed by atoms with Gasteiger partial charge in [0.05, 0.1) is 11.5 Å². The molecule has 0 aliphatic rings. The molecule has 0 aromatic carbocycles. The van der Waals surface area contributed by atoms with Gasteiger partial charge in [-0.1, -0.05) is 19.0 Å². The van der Waals surface area contributed by atoms with Gasteiger partial charge in [0.15, 0.2) is 5.82 Å². The molecule has 0 amide bonds. The van der Waals surface area contributed by atoms with Gasteiger partial charge in [0.25, 0.3) is 0 Å². The van der Waals surface area contributed by atoms with Crippen molar-refractivity contribution in [2.45, 2.75) is 38.2 Å². The normalized spacial score (nSPS) is 11.2. The maximum Gasteiger partial charge on any atom is 0.236 e. The Hall–Kier alpha value is -1.90. The van der Waals surface area contributed by atoms with Crippen LogP contribution in [0.3, 0.4) is 0 Å². The van der Waals surface area contributed by atoms with Gasteiger partial charge >= 0.3 is 0 Å². The van der Waals surface area contributed by atoms with Crippen LogP contribution in [0.5, 0.6) is 0 Å². The molecule has 0 saturated heterocycles. The first-order valence-electron chi connectivity index (χ1n) is 6.68. The first-order chi connectivity index (χ1) is 10.0. The van der Waals surface area contributed by atoms with Crippen molar-refractivity contribution in [3.63, 3.8) is 0 Å². The van der Waals surface area contributed by atoms with Gasteiger partial charge in [0.2, 0.25) is 17.8 Å². The number of rotatable bonds is 7. The lowest BCUT2D eigenvalue weighted by Crippen LogP contribution is -2.06. The van der Waals surface area contributed by atoms with E-state index in [0.717, 1.165) is 18.7 Å². The van der Waals surface area contributed by atoms with E-state index in [9.17, 15) is 0 Å². The lowest BCUT2D eigenvalue weighted by molar-refractivity contribution is 0.383. The van der Waals surface area contributed by atoms with E-state index in [0.29, 0.717) is 29.1 Å². The van der Waals surface area contributed by atoms with Crippen molar-refractivity contribution >= 4 is 23.7 Å². The van der Waals surface area contributed by atoms with Crippen molar-refractivity contribution in [1.29, 1.82) is 0 Å². The van der Waals surface area contributed by atoms with Gasteiger partial charge in [0.1, 0.15) is 5.82 Å². The third-order valence-corrected chi connectivity index (χ3v) is 3.54. The summed E-state index contributed by atoms with van der Waals surface area (Å²) >= 11 is 1.55. The molecular formula is C12H19N7OS. The number of nitrogen functional groups attached to an aromatic ring is 2. The van der Waals surface area contributed by atoms with Gasteiger partial charge in [-0.15, -0.1) is 11.8 Å². The fraction of sp³-hybridized carbons (Fsp3) is 0.583. The maximum atomic E-state index is 5.51. The molecule has 8 nitrogen and oxygen atoms in total. The predicted octanol–water partition coefficient (Wildman–Crippen LogP) is 1.44. The molecule has 2 rings (SSSR count). The Morgan fingerprint density at radius 3 is 2.38 bits per heavy atom. The quantitative estimate of drug-likeness (QED) is 0.780. The number of hydrogen-bond donors (Lipinski definition) is 2. The summed E-state index contributed by atoms with van der Waals surface area (Å²) in [4.78, 5) is 16.1. The molecular weight excluding hydrogens is 290 g/mol. The second-order valence-electron chi connectivity index (χ2n) is 5.00. The summed E-state index contributed by atoms with van der Waals surface area (Å²) in [7, 11) is 0. The van der Waals surface area contributed by atoms with Crippen LogP contribution < -0.4 is 11.5 Å². The van der Waals surface area contributed by atoms with Gasteiger partial charge in [-0.05, 0) is 12.3 Å². The highest BCUT2D eigenvalue weighted by Gasteiger charge is 2.08. The fourth-order valence-corrected chi connectivity index (χ4v) is 2.32. The molecule has 9 heteroatoms. The molecule has 2 heterocycles. The van der Waals surface area contributed by atoms with Crippen molar-refractivity contribution in [2.24, 2.45) is 5.92 Å². The monoisotopic (exact) mass is 309 g/mol. The Bertz CT molecular complexity index is 566. The Labute approximate surface area is 127 Å². The van der Waals surface area contributed by atoms with Crippen LogP contribution in [-0.2, 0) is 17.9 Å². The number of aryl methyl sites for hydroxylation is 1. The summed E-state index contributed by atoms with van der Waals surface area (Å²) < 4.78 is 5.20. The molecule has 114 valence electrons. The SMILES string of the molecule is CC(C)CCc1noc(CSCc2nc(N)nc(N)n2)n1. The van der Waals surface area contributed by atoms with E-state index in [1.54, 1.807) is 11.8 Å². The van der Waals surface area contributed by atoms with Gasteiger partial charge in [-0.2, -0.15) is 19.9 Å². The molecule has 2 aromatic rings. The summed E-state index contributed by atoms with van der Waals surface area (Å²) in [6.45, 7) is 4.34. The first-order valence-corrected chi connectivity index (χ1v) is 7.83. The molecule has 21 heavy (non-hydrogen) atoms. The van der Waals surface area contributed by atoms with E-state index in [1.807, 2.05) is 0 Å². The Balaban J connectivity index is 1.80. The minimum Gasteiger partial charge on any atom is -0.368 e. The first kappa shape index (κ1) is 15.5. The highest BCUT2D eigenvalue weighted by Crippen LogP contribution is 2.16. The Morgan fingerprint density at radius 2 is 1.71 bits per heavy atom. The number of nitrogens with zero attached hydrogens (tertiary/aromatic N) is 5. The number of anilines is 2. The van der Waals surface area contributed by atoms with Crippen molar-refractivity contribution in [2.75, 3.05) is 11.5 Å². The van der Waals surface area contributed by atoms with Gasteiger partial charge in [-0.3, -0.25) is 0 Å². The summed E-state index contributed by atoms with van der Waals surface area (Å²) in [5, 5.41) is 3.96. The molecule has 0 atom stereocenters. The average molecular weight is 309 g/mol.